The second-order valence-corrected chi connectivity index (χ2v) is 5.30. The summed E-state index contributed by atoms with van der Waals surface area (Å²) in [5, 5.41) is 10.1. The standard InChI is InChI=1S/C14H26O/c1-3-4-5-6-7-10-13(15)14(2)11-8-9-12-14/h3,13,15H,1,4-12H2,2H3. The fraction of sp³-hybridized carbons (Fsp3) is 0.857. The molecule has 1 rings (SSSR count). The van der Waals surface area contributed by atoms with E-state index < -0.39 is 0 Å². The second-order valence-electron chi connectivity index (χ2n) is 5.30. The number of aliphatic hydroxyl groups is 1. The van der Waals surface area contributed by atoms with Crippen LogP contribution in [0, 0.1) is 5.41 Å². The molecule has 0 aromatic carbocycles. The first kappa shape index (κ1) is 12.8. The number of hydrogen-bond acceptors (Lipinski definition) is 1. The van der Waals surface area contributed by atoms with Gasteiger partial charge in [-0.2, -0.15) is 0 Å². The van der Waals surface area contributed by atoms with Gasteiger partial charge in [0.2, 0.25) is 0 Å². The Kier molecular flexibility index (Phi) is 5.38. The first-order chi connectivity index (χ1) is 7.19. The van der Waals surface area contributed by atoms with Crippen molar-refractivity contribution in [1.29, 1.82) is 0 Å². The molecule has 0 spiro atoms. The molecule has 1 nitrogen and oxygen atoms in total. The van der Waals surface area contributed by atoms with Crippen molar-refractivity contribution in [3.05, 3.63) is 12.7 Å². The second kappa shape index (κ2) is 6.32. The van der Waals surface area contributed by atoms with Crippen LogP contribution in [0.25, 0.3) is 0 Å². The third-order valence-corrected chi connectivity index (χ3v) is 3.94. The molecule has 0 bridgehead atoms. The molecule has 1 N–H and O–H groups in total. The van der Waals surface area contributed by atoms with Crippen LogP contribution >= 0.6 is 0 Å². The Morgan fingerprint density at radius 2 is 1.93 bits per heavy atom. The Morgan fingerprint density at radius 1 is 1.27 bits per heavy atom. The lowest BCUT2D eigenvalue weighted by molar-refractivity contribution is 0.0331. The Balaban J connectivity index is 2.12. The van der Waals surface area contributed by atoms with Gasteiger partial charge in [-0.1, -0.05) is 38.7 Å². The van der Waals surface area contributed by atoms with Crippen LogP contribution in [0.2, 0.25) is 0 Å². The average molecular weight is 210 g/mol. The topological polar surface area (TPSA) is 20.2 Å². The molecule has 15 heavy (non-hydrogen) atoms. The minimum absolute atomic E-state index is 0.0660. The van der Waals surface area contributed by atoms with Gasteiger partial charge in [-0.05, 0) is 37.5 Å². The number of aliphatic hydroxyl groups excluding tert-OH is 1. The van der Waals surface area contributed by atoms with Gasteiger partial charge in [0.25, 0.3) is 0 Å². The quantitative estimate of drug-likeness (QED) is 0.496. The molecule has 0 amide bonds. The third kappa shape index (κ3) is 3.98. The lowest BCUT2D eigenvalue weighted by atomic mass is 9.80. The molecule has 1 heteroatoms. The predicted octanol–water partition coefficient (Wildman–Crippen LogP) is 4.06. The van der Waals surface area contributed by atoms with Gasteiger partial charge >= 0.3 is 0 Å². The molecule has 0 saturated heterocycles. The summed E-state index contributed by atoms with van der Waals surface area (Å²) >= 11 is 0. The number of unbranched alkanes of at least 4 members (excludes halogenated alkanes) is 3. The van der Waals surface area contributed by atoms with E-state index in [2.05, 4.69) is 13.5 Å². The monoisotopic (exact) mass is 210 g/mol. The van der Waals surface area contributed by atoms with Crippen molar-refractivity contribution in [2.45, 2.75) is 70.8 Å². The van der Waals surface area contributed by atoms with Crippen molar-refractivity contribution in [1.82, 2.24) is 0 Å². The summed E-state index contributed by atoms with van der Waals surface area (Å²) in [6, 6.07) is 0. The van der Waals surface area contributed by atoms with E-state index in [1.807, 2.05) is 6.08 Å². The van der Waals surface area contributed by atoms with Crippen LogP contribution in [0.5, 0.6) is 0 Å². The SMILES string of the molecule is C=CCCCCCC(O)C1(C)CCCC1. The normalized spacial score (nSPS) is 21.5. The molecule has 0 radical (unpaired) electrons. The summed E-state index contributed by atoms with van der Waals surface area (Å²) in [5.74, 6) is 0. The van der Waals surface area contributed by atoms with Gasteiger partial charge in [0.15, 0.2) is 0 Å². The molecule has 1 aliphatic carbocycles. The molecular formula is C14H26O. The maximum atomic E-state index is 10.1. The van der Waals surface area contributed by atoms with Gasteiger partial charge in [0.1, 0.15) is 0 Å². The summed E-state index contributed by atoms with van der Waals surface area (Å²) in [6.07, 6.45) is 12.7. The highest BCUT2D eigenvalue weighted by Crippen LogP contribution is 2.41. The summed E-state index contributed by atoms with van der Waals surface area (Å²) in [5.41, 5.74) is 0.235. The Morgan fingerprint density at radius 3 is 2.53 bits per heavy atom. The molecule has 1 fully saturated rings. The maximum absolute atomic E-state index is 10.1. The van der Waals surface area contributed by atoms with Crippen LogP contribution in [0.3, 0.4) is 0 Å². The van der Waals surface area contributed by atoms with E-state index in [1.54, 1.807) is 0 Å². The van der Waals surface area contributed by atoms with Crippen molar-refractivity contribution in [2.24, 2.45) is 5.41 Å². The summed E-state index contributed by atoms with van der Waals surface area (Å²) in [6.45, 7) is 5.98. The van der Waals surface area contributed by atoms with Crippen LogP contribution in [0.1, 0.15) is 64.7 Å². The van der Waals surface area contributed by atoms with E-state index in [9.17, 15) is 5.11 Å². The van der Waals surface area contributed by atoms with Crippen LogP contribution in [0.4, 0.5) is 0 Å². The first-order valence-electron chi connectivity index (χ1n) is 6.48. The fourth-order valence-corrected chi connectivity index (χ4v) is 2.67. The zero-order chi connectivity index (χ0) is 11.1. The third-order valence-electron chi connectivity index (χ3n) is 3.94. The summed E-state index contributed by atoms with van der Waals surface area (Å²) in [7, 11) is 0. The van der Waals surface area contributed by atoms with Crippen LogP contribution in [-0.4, -0.2) is 11.2 Å². The van der Waals surface area contributed by atoms with Gasteiger partial charge in [-0.15, -0.1) is 6.58 Å². The van der Waals surface area contributed by atoms with Crippen molar-refractivity contribution < 1.29 is 5.11 Å². The fourth-order valence-electron chi connectivity index (χ4n) is 2.67. The van der Waals surface area contributed by atoms with Gasteiger partial charge in [0, 0.05) is 0 Å². The molecule has 88 valence electrons. The predicted molar refractivity (Wildman–Crippen MR) is 65.9 cm³/mol. The molecular weight excluding hydrogens is 184 g/mol. The lowest BCUT2D eigenvalue weighted by Crippen LogP contribution is -2.29. The van der Waals surface area contributed by atoms with E-state index in [0.717, 1.165) is 12.8 Å². The Labute approximate surface area is 94.6 Å². The van der Waals surface area contributed by atoms with E-state index in [0.29, 0.717) is 0 Å². The highest BCUT2D eigenvalue weighted by atomic mass is 16.3. The van der Waals surface area contributed by atoms with E-state index in [1.165, 1.54) is 44.9 Å². The lowest BCUT2D eigenvalue weighted by Gasteiger charge is -2.30. The van der Waals surface area contributed by atoms with E-state index >= 15 is 0 Å². The molecule has 0 aliphatic heterocycles. The van der Waals surface area contributed by atoms with Crippen molar-refractivity contribution in [3.63, 3.8) is 0 Å². The van der Waals surface area contributed by atoms with Gasteiger partial charge in [-0.3, -0.25) is 0 Å². The summed E-state index contributed by atoms with van der Waals surface area (Å²) in [4.78, 5) is 0. The molecule has 1 atom stereocenters. The first-order valence-corrected chi connectivity index (χ1v) is 6.48. The van der Waals surface area contributed by atoms with Crippen molar-refractivity contribution >= 4 is 0 Å². The molecule has 1 saturated carbocycles. The van der Waals surface area contributed by atoms with Gasteiger partial charge in [-0.25, -0.2) is 0 Å². The number of rotatable bonds is 7. The Bertz CT molecular complexity index is 180. The van der Waals surface area contributed by atoms with E-state index in [4.69, 9.17) is 0 Å². The largest absolute Gasteiger partial charge is 0.393 e. The van der Waals surface area contributed by atoms with Crippen LogP contribution < -0.4 is 0 Å². The van der Waals surface area contributed by atoms with Gasteiger partial charge < -0.3 is 5.11 Å². The zero-order valence-electron chi connectivity index (χ0n) is 10.2. The van der Waals surface area contributed by atoms with Gasteiger partial charge in [0.05, 0.1) is 6.10 Å². The zero-order valence-corrected chi connectivity index (χ0v) is 10.2. The molecule has 1 unspecified atom stereocenters. The molecule has 1 aliphatic rings. The number of allylic oxidation sites excluding steroid dienone is 1. The smallest absolute Gasteiger partial charge is 0.0593 e. The minimum Gasteiger partial charge on any atom is -0.393 e. The summed E-state index contributed by atoms with van der Waals surface area (Å²) < 4.78 is 0. The van der Waals surface area contributed by atoms with Crippen molar-refractivity contribution in [3.8, 4) is 0 Å². The average Bonchev–Trinajstić information content (AvgIpc) is 2.66. The van der Waals surface area contributed by atoms with E-state index in [-0.39, 0.29) is 11.5 Å². The number of hydrogen-bond donors (Lipinski definition) is 1. The van der Waals surface area contributed by atoms with Crippen LogP contribution in [0.15, 0.2) is 12.7 Å². The molecule has 0 heterocycles. The minimum atomic E-state index is -0.0660. The van der Waals surface area contributed by atoms with Crippen molar-refractivity contribution in [2.75, 3.05) is 0 Å². The van der Waals surface area contributed by atoms with Crippen LogP contribution in [-0.2, 0) is 0 Å². The highest BCUT2D eigenvalue weighted by Gasteiger charge is 2.35. The maximum Gasteiger partial charge on any atom is 0.0593 e. The molecule has 0 aromatic rings. The Hall–Kier alpha value is -0.300. The molecule has 0 aromatic heterocycles. The highest BCUT2D eigenvalue weighted by molar-refractivity contribution is 4.86.